The van der Waals surface area contributed by atoms with E-state index in [1.807, 2.05) is 21.1 Å². The normalized spacial score (nSPS) is 13.1. The molecule has 0 heterocycles. The second-order valence-corrected chi connectivity index (χ2v) is 20.5. The van der Waals surface area contributed by atoms with Gasteiger partial charge in [0.25, 0.3) is 0 Å². The van der Waals surface area contributed by atoms with Crippen molar-refractivity contribution in [2.24, 2.45) is 0 Å². The number of carboxylic acid groups (broad SMARTS) is 1. The number of hydrogen-bond donors (Lipinski definition) is 1. The van der Waals surface area contributed by atoms with E-state index in [0.717, 1.165) is 70.6 Å². The first kappa shape index (κ1) is 65.3. The Bertz CT molecular complexity index is 1250. The quantitative estimate of drug-likeness (QED) is 0.0281. The third-order valence-electron chi connectivity index (χ3n) is 13.0. The van der Waals surface area contributed by atoms with Gasteiger partial charge in [0.2, 0.25) is 0 Å². The van der Waals surface area contributed by atoms with Gasteiger partial charge in [-0.25, -0.2) is 4.79 Å². The van der Waals surface area contributed by atoms with Gasteiger partial charge in [0.1, 0.15) is 6.61 Å². The molecule has 2 unspecified atom stereocenters. The molecule has 0 aromatic carbocycles. The zero-order valence-corrected chi connectivity index (χ0v) is 45.3. The van der Waals surface area contributed by atoms with E-state index in [9.17, 15) is 19.5 Å². The standard InChI is InChI=1S/C60H109NO7/c1-6-8-10-12-14-16-18-20-22-24-26-28-30-32-34-36-38-40-42-44-46-48-50-58(62)67-55-56(54-66-53-52-57(60(64)65)61(3,4)5)68-59(63)51-49-47-45-43-41-39-37-35-33-31-29-27-25-23-21-19-17-15-13-11-9-7-2/h9,11,15,17,21,23,27,29,56-57H,6-8,10,12-14,16,18-20,22,24-26,28,30-55H2,1-5H3/p+1/b11-9+,17-15+,23-21+,29-27+. The van der Waals surface area contributed by atoms with E-state index in [0.29, 0.717) is 19.3 Å². The molecular weight excluding hydrogens is 847 g/mol. The van der Waals surface area contributed by atoms with E-state index in [1.165, 1.54) is 161 Å². The number of carbonyl (C=O) groups excluding carboxylic acids is 2. The molecule has 8 nitrogen and oxygen atoms in total. The molecule has 396 valence electrons. The number of quaternary nitrogens is 1. The molecule has 0 spiro atoms. The largest absolute Gasteiger partial charge is 0.477 e. The molecule has 2 atom stereocenters. The molecule has 1 N–H and O–H groups in total. The van der Waals surface area contributed by atoms with Gasteiger partial charge in [-0.3, -0.25) is 9.59 Å². The maximum Gasteiger partial charge on any atom is 0.362 e. The minimum absolute atomic E-state index is 0.0506. The van der Waals surface area contributed by atoms with Crippen LogP contribution in [0, 0.1) is 0 Å². The molecule has 0 aromatic rings. The fourth-order valence-corrected chi connectivity index (χ4v) is 8.62. The third kappa shape index (κ3) is 48.3. The van der Waals surface area contributed by atoms with Crippen LogP contribution in [0.3, 0.4) is 0 Å². The molecule has 0 bridgehead atoms. The summed E-state index contributed by atoms with van der Waals surface area (Å²) in [5, 5.41) is 9.68. The zero-order chi connectivity index (χ0) is 49.9. The Morgan fingerprint density at radius 1 is 0.456 bits per heavy atom. The Hall–Kier alpha value is -2.71. The number of aliphatic carboxylic acids is 1. The summed E-state index contributed by atoms with van der Waals surface area (Å²) in [7, 11) is 5.55. The second kappa shape index (κ2) is 50.7. The average Bonchev–Trinajstić information content (AvgIpc) is 3.30. The number of unbranched alkanes of at least 4 members (excludes halogenated alkanes) is 30. The Labute approximate surface area is 420 Å². The average molecular weight is 958 g/mol. The Morgan fingerprint density at radius 3 is 1.22 bits per heavy atom. The lowest BCUT2D eigenvalue weighted by atomic mass is 10.0. The molecule has 0 aromatic heterocycles. The molecule has 8 heteroatoms. The van der Waals surface area contributed by atoms with Crippen LogP contribution in [0.1, 0.15) is 264 Å². The highest BCUT2D eigenvalue weighted by atomic mass is 16.6. The first-order chi connectivity index (χ1) is 33.1. The fourth-order valence-electron chi connectivity index (χ4n) is 8.62. The maximum absolute atomic E-state index is 12.8. The minimum atomic E-state index is -0.873. The van der Waals surface area contributed by atoms with Crippen molar-refractivity contribution in [3.8, 4) is 0 Å². The third-order valence-corrected chi connectivity index (χ3v) is 13.0. The van der Waals surface area contributed by atoms with E-state index in [4.69, 9.17) is 14.2 Å². The van der Waals surface area contributed by atoms with E-state index in [1.54, 1.807) is 0 Å². The van der Waals surface area contributed by atoms with Gasteiger partial charge in [-0.2, -0.15) is 0 Å². The molecular formula is C60H110NO7+. The van der Waals surface area contributed by atoms with E-state index < -0.39 is 18.1 Å². The molecule has 0 fully saturated rings. The van der Waals surface area contributed by atoms with Crippen molar-refractivity contribution in [3.63, 3.8) is 0 Å². The lowest BCUT2D eigenvalue weighted by molar-refractivity contribution is -0.887. The van der Waals surface area contributed by atoms with Crippen LogP contribution in [0.2, 0.25) is 0 Å². The Kier molecular flexibility index (Phi) is 48.7. The van der Waals surface area contributed by atoms with Crippen LogP contribution in [0.4, 0.5) is 0 Å². The molecule has 0 rings (SSSR count). The maximum atomic E-state index is 12.8. The molecule has 0 aliphatic carbocycles. The van der Waals surface area contributed by atoms with Gasteiger partial charge in [0.15, 0.2) is 12.1 Å². The van der Waals surface area contributed by atoms with Crippen molar-refractivity contribution in [1.29, 1.82) is 0 Å². The van der Waals surface area contributed by atoms with Crippen molar-refractivity contribution in [1.82, 2.24) is 0 Å². The lowest BCUT2D eigenvalue weighted by Gasteiger charge is -2.31. The molecule has 0 amide bonds. The number of rotatable bonds is 52. The van der Waals surface area contributed by atoms with Crippen LogP contribution >= 0.6 is 0 Å². The van der Waals surface area contributed by atoms with Gasteiger partial charge in [0, 0.05) is 19.3 Å². The SMILES string of the molecule is CC/C=C/C/C=C/C/C=C/C/C=C/CCCCCCCCCCCC(=O)OC(COCCC(C(=O)O)[N+](C)(C)C)COC(=O)CCCCCCCCCCCCCCCCCCCCCCCC. The summed E-state index contributed by atoms with van der Waals surface area (Å²) in [6.07, 6.45) is 63.1. The first-order valence-electron chi connectivity index (χ1n) is 28.7. The summed E-state index contributed by atoms with van der Waals surface area (Å²) in [6, 6.07) is -0.616. The van der Waals surface area contributed by atoms with E-state index in [2.05, 4.69) is 62.5 Å². The topological polar surface area (TPSA) is 99.1 Å². The van der Waals surface area contributed by atoms with Crippen molar-refractivity contribution in [3.05, 3.63) is 48.6 Å². The van der Waals surface area contributed by atoms with Crippen molar-refractivity contribution < 1.29 is 38.2 Å². The van der Waals surface area contributed by atoms with Crippen molar-refractivity contribution >= 4 is 17.9 Å². The predicted octanol–water partition coefficient (Wildman–Crippen LogP) is 17.1. The van der Waals surface area contributed by atoms with Gasteiger partial charge in [-0.1, -0.05) is 242 Å². The number of esters is 2. The summed E-state index contributed by atoms with van der Waals surface area (Å²) in [6.45, 7) is 4.66. The number of carbonyl (C=O) groups is 3. The van der Waals surface area contributed by atoms with Crippen LogP contribution in [0.15, 0.2) is 48.6 Å². The smallest absolute Gasteiger partial charge is 0.362 e. The fraction of sp³-hybridized carbons (Fsp3) is 0.817. The first-order valence-corrected chi connectivity index (χ1v) is 28.7. The summed E-state index contributed by atoms with van der Waals surface area (Å²) >= 11 is 0. The second-order valence-electron chi connectivity index (χ2n) is 20.5. The number of carboxylic acids is 1. The molecule has 68 heavy (non-hydrogen) atoms. The molecule has 0 saturated carbocycles. The summed E-state index contributed by atoms with van der Waals surface area (Å²) in [4.78, 5) is 37.3. The highest BCUT2D eigenvalue weighted by molar-refractivity contribution is 5.72. The van der Waals surface area contributed by atoms with Crippen molar-refractivity contribution in [2.45, 2.75) is 276 Å². The van der Waals surface area contributed by atoms with Gasteiger partial charge in [0.05, 0.1) is 34.4 Å². The number of likely N-dealkylation sites (N-methyl/N-ethyl adjacent to an activating group) is 1. The summed E-state index contributed by atoms with van der Waals surface area (Å²) < 4.78 is 17.4. The zero-order valence-electron chi connectivity index (χ0n) is 45.3. The summed E-state index contributed by atoms with van der Waals surface area (Å²) in [5.41, 5.74) is 0. The van der Waals surface area contributed by atoms with Gasteiger partial charge < -0.3 is 23.8 Å². The van der Waals surface area contributed by atoms with Gasteiger partial charge in [-0.05, 0) is 51.4 Å². The number of ether oxygens (including phenoxy) is 3. The minimum Gasteiger partial charge on any atom is -0.477 e. The molecule has 0 radical (unpaired) electrons. The highest BCUT2D eigenvalue weighted by Gasteiger charge is 2.31. The summed E-state index contributed by atoms with van der Waals surface area (Å²) in [5.74, 6) is -1.46. The van der Waals surface area contributed by atoms with E-state index >= 15 is 0 Å². The monoisotopic (exact) mass is 957 g/mol. The number of allylic oxidation sites excluding steroid dienone is 8. The van der Waals surface area contributed by atoms with Crippen molar-refractivity contribution in [2.75, 3.05) is 41.0 Å². The van der Waals surface area contributed by atoms with Gasteiger partial charge in [-0.15, -0.1) is 0 Å². The van der Waals surface area contributed by atoms with Crippen LogP contribution in [-0.2, 0) is 28.6 Å². The number of hydrogen-bond acceptors (Lipinski definition) is 6. The van der Waals surface area contributed by atoms with Crippen LogP contribution in [0.25, 0.3) is 0 Å². The highest BCUT2D eigenvalue weighted by Crippen LogP contribution is 2.17. The van der Waals surface area contributed by atoms with Crippen LogP contribution < -0.4 is 0 Å². The Morgan fingerprint density at radius 2 is 0.824 bits per heavy atom. The van der Waals surface area contributed by atoms with Crippen LogP contribution in [-0.4, -0.2) is 80.6 Å². The predicted molar refractivity (Wildman–Crippen MR) is 289 cm³/mol. The Balaban J connectivity index is 4.16. The molecule has 0 saturated heterocycles. The molecule has 0 aliphatic rings. The molecule has 0 aliphatic heterocycles. The number of nitrogens with zero attached hydrogens (tertiary/aromatic N) is 1. The van der Waals surface area contributed by atoms with Crippen LogP contribution in [0.5, 0.6) is 0 Å². The van der Waals surface area contributed by atoms with E-state index in [-0.39, 0.29) is 36.2 Å². The lowest BCUT2D eigenvalue weighted by Crippen LogP contribution is -2.50. The van der Waals surface area contributed by atoms with Gasteiger partial charge >= 0.3 is 17.9 Å².